The van der Waals surface area contributed by atoms with Crippen LogP contribution in [-0.2, 0) is 0 Å². The number of hydrogen-bond acceptors (Lipinski definition) is 3. The number of carbonyl (C=O) groups is 1. The average Bonchev–Trinajstić information content (AvgIpc) is 2.37. The second-order valence-electron chi connectivity index (χ2n) is 4.64. The summed E-state index contributed by atoms with van der Waals surface area (Å²) in [6, 6.07) is 4.74. The summed E-state index contributed by atoms with van der Waals surface area (Å²) in [5, 5.41) is 13.8. The molecule has 1 heterocycles. The molecule has 2 rings (SSSR count). The summed E-state index contributed by atoms with van der Waals surface area (Å²) in [6.45, 7) is 0.255. The molecular formula is C13H15Cl2NO2S. The second kappa shape index (κ2) is 6.35. The Morgan fingerprint density at radius 3 is 2.68 bits per heavy atom. The first-order chi connectivity index (χ1) is 9.00. The van der Waals surface area contributed by atoms with Crippen molar-refractivity contribution >= 4 is 40.9 Å². The molecule has 0 aliphatic carbocycles. The minimum absolute atomic E-state index is 0.255. The molecule has 1 aliphatic rings. The van der Waals surface area contributed by atoms with E-state index in [9.17, 15) is 9.90 Å². The van der Waals surface area contributed by atoms with Gasteiger partial charge in [-0.3, -0.25) is 4.79 Å². The molecule has 0 aromatic heterocycles. The zero-order chi connectivity index (χ0) is 13.9. The van der Waals surface area contributed by atoms with Gasteiger partial charge in [0.2, 0.25) is 0 Å². The molecule has 1 aromatic rings. The van der Waals surface area contributed by atoms with Crippen LogP contribution in [0, 0.1) is 0 Å². The predicted molar refractivity (Wildman–Crippen MR) is 80.3 cm³/mol. The summed E-state index contributed by atoms with van der Waals surface area (Å²) >= 11 is 13.6. The van der Waals surface area contributed by atoms with Gasteiger partial charge in [-0.05, 0) is 42.5 Å². The van der Waals surface area contributed by atoms with Crippen molar-refractivity contribution in [2.45, 2.75) is 18.4 Å². The van der Waals surface area contributed by atoms with E-state index in [0.29, 0.717) is 28.5 Å². The Bertz CT molecular complexity index is 476. The van der Waals surface area contributed by atoms with E-state index >= 15 is 0 Å². The number of hydrogen-bond donors (Lipinski definition) is 2. The number of amides is 1. The molecule has 0 radical (unpaired) electrons. The second-order valence-corrected chi connectivity index (χ2v) is 6.71. The number of carbonyl (C=O) groups excluding carboxylic acids is 1. The number of rotatable bonds is 3. The molecule has 1 aromatic carbocycles. The van der Waals surface area contributed by atoms with Gasteiger partial charge in [-0.15, -0.1) is 0 Å². The lowest BCUT2D eigenvalue weighted by Gasteiger charge is -2.31. The Balaban J connectivity index is 1.97. The fourth-order valence-electron chi connectivity index (χ4n) is 1.94. The van der Waals surface area contributed by atoms with E-state index in [1.807, 2.05) is 11.8 Å². The molecule has 0 bridgehead atoms. The molecule has 1 saturated heterocycles. The van der Waals surface area contributed by atoms with Gasteiger partial charge in [-0.1, -0.05) is 23.2 Å². The molecule has 2 N–H and O–H groups in total. The van der Waals surface area contributed by atoms with Gasteiger partial charge in [-0.25, -0.2) is 0 Å². The number of benzene rings is 1. The average molecular weight is 320 g/mol. The van der Waals surface area contributed by atoms with Crippen LogP contribution < -0.4 is 5.32 Å². The lowest BCUT2D eigenvalue weighted by atomic mass is 9.97. The van der Waals surface area contributed by atoms with Crippen LogP contribution in [0.4, 0.5) is 0 Å². The normalized spacial score (nSPS) is 18.1. The topological polar surface area (TPSA) is 49.3 Å². The molecule has 3 nitrogen and oxygen atoms in total. The molecule has 1 fully saturated rings. The molecule has 19 heavy (non-hydrogen) atoms. The van der Waals surface area contributed by atoms with Crippen LogP contribution in [0.15, 0.2) is 18.2 Å². The van der Waals surface area contributed by atoms with Gasteiger partial charge < -0.3 is 10.4 Å². The van der Waals surface area contributed by atoms with E-state index in [2.05, 4.69) is 5.32 Å². The van der Waals surface area contributed by atoms with Crippen molar-refractivity contribution in [3.8, 4) is 0 Å². The third kappa shape index (κ3) is 4.02. The zero-order valence-electron chi connectivity index (χ0n) is 10.3. The summed E-state index contributed by atoms with van der Waals surface area (Å²) in [4.78, 5) is 12.0. The van der Waals surface area contributed by atoms with Crippen molar-refractivity contribution < 1.29 is 9.90 Å². The van der Waals surface area contributed by atoms with Gasteiger partial charge in [0.1, 0.15) is 0 Å². The third-order valence-electron chi connectivity index (χ3n) is 3.18. The Labute approximate surface area is 126 Å². The fraction of sp³-hybridized carbons (Fsp3) is 0.462. The minimum Gasteiger partial charge on any atom is -0.388 e. The maximum Gasteiger partial charge on any atom is 0.252 e. The standard InChI is InChI=1S/C13H15Cl2NO2S/c14-9-1-2-10(11(15)7-9)12(17)16-8-13(18)3-5-19-6-4-13/h1-2,7,18H,3-6,8H2,(H,16,17). The van der Waals surface area contributed by atoms with Crippen molar-refractivity contribution in [1.82, 2.24) is 5.32 Å². The van der Waals surface area contributed by atoms with Crippen LogP contribution >= 0.6 is 35.0 Å². The van der Waals surface area contributed by atoms with Crippen molar-refractivity contribution in [1.29, 1.82) is 0 Å². The molecule has 0 unspecified atom stereocenters. The summed E-state index contributed by atoms with van der Waals surface area (Å²) < 4.78 is 0. The van der Waals surface area contributed by atoms with Crippen LogP contribution in [0.3, 0.4) is 0 Å². The largest absolute Gasteiger partial charge is 0.388 e. The minimum atomic E-state index is -0.792. The van der Waals surface area contributed by atoms with E-state index < -0.39 is 5.60 Å². The third-order valence-corrected chi connectivity index (χ3v) is 4.71. The first-order valence-electron chi connectivity index (χ1n) is 6.04. The molecule has 6 heteroatoms. The molecular weight excluding hydrogens is 305 g/mol. The first-order valence-corrected chi connectivity index (χ1v) is 7.95. The lowest BCUT2D eigenvalue weighted by molar-refractivity contribution is 0.0311. The van der Waals surface area contributed by atoms with Crippen LogP contribution in [0.25, 0.3) is 0 Å². The van der Waals surface area contributed by atoms with Crippen molar-refractivity contribution in [3.05, 3.63) is 33.8 Å². The van der Waals surface area contributed by atoms with E-state index in [4.69, 9.17) is 23.2 Å². The fourth-order valence-corrected chi connectivity index (χ4v) is 3.69. The monoisotopic (exact) mass is 319 g/mol. The van der Waals surface area contributed by atoms with E-state index in [1.54, 1.807) is 12.1 Å². The Morgan fingerprint density at radius 2 is 2.05 bits per heavy atom. The van der Waals surface area contributed by atoms with E-state index in [-0.39, 0.29) is 12.5 Å². The molecule has 1 amide bonds. The number of aliphatic hydroxyl groups is 1. The smallest absolute Gasteiger partial charge is 0.252 e. The highest BCUT2D eigenvalue weighted by Gasteiger charge is 2.30. The number of thioether (sulfide) groups is 1. The Kier molecular flexibility index (Phi) is 5.01. The molecule has 0 saturated carbocycles. The highest BCUT2D eigenvalue weighted by molar-refractivity contribution is 7.99. The number of halogens is 2. The van der Waals surface area contributed by atoms with Crippen LogP contribution in [0.5, 0.6) is 0 Å². The maximum absolute atomic E-state index is 12.0. The number of nitrogens with one attached hydrogen (secondary N) is 1. The van der Waals surface area contributed by atoms with E-state index in [1.165, 1.54) is 6.07 Å². The Morgan fingerprint density at radius 1 is 1.37 bits per heavy atom. The SMILES string of the molecule is O=C(NCC1(O)CCSCC1)c1ccc(Cl)cc1Cl. The molecule has 104 valence electrons. The van der Waals surface area contributed by atoms with Crippen LogP contribution in [-0.4, -0.2) is 34.7 Å². The van der Waals surface area contributed by atoms with E-state index in [0.717, 1.165) is 11.5 Å². The van der Waals surface area contributed by atoms with Crippen molar-refractivity contribution in [2.75, 3.05) is 18.1 Å². The predicted octanol–water partition coefficient (Wildman–Crippen LogP) is 2.98. The highest BCUT2D eigenvalue weighted by Crippen LogP contribution is 2.26. The zero-order valence-corrected chi connectivity index (χ0v) is 12.6. The summed E-state index contributed by atoms with van der Waals surface area (Å²) in [5.41, 5.74) is -0.417. The van der Waals surface area contributed by atoms with Gasteiger partial charge in [0.25, 0.3) is 5.91 Å². The van der Waals surface area contributed by atoms with Crippen LogP contribution in [0.2, 0.25) is 10.0 Å². The van der Waals surface area contributed by atoms with Gasteiger partial charge in [0.15, 0.2) is 0 Å². The van der Waals surface area contributed by atoms with Gasteiger partial charge >= 0.3 is 0 Å². The summed E-state index contributed by atoms with van der Waals surface area (Å²) in [6.07, 6.45) is 1.40. The molecule has 0 spiro atoms. The van der Waals surface area contributed by atoms with Gasteiger partial charge in [-0.2, -0.15) is 11.8 Å². The first kappa shape index (κ1) is 15.0. The molecule has 1 aliphatic heterocycles. The molecule has 0 atom stereocenters. The summed E-state index contributed by atoms with van der Waals surface area (Å²) in [7, 11) is 0. The Hall–Kier alpha value is -0.420. The van der Waals surface area contributed by atoms with Gasteiger partial charge in [0, 0.05) is 11.6 Å². The summed E-state index contributed by atoms with van der Waals surface area (Å²) in [5.74, 6) is 1.57. The quantitative estimate of drug-likeness (QED) is 0.900. The maximum atomic E-state index is 12.0. The van der Waals surface area contributed by atoms with Crippen molar-refractivity contribution in [3.63, 3.8) is 0 Å². The van der Waals surface area contributed by atoms with Crippen molar-refractivity contribution in [2.24, 2.45) is 0 Å². The highest BCUT2D eigenvalue weighted by atomic mass is 35.5. The lowest BCUT2D eigenvalue weighted by Crippen LogP contribution is -2.45. The van der Waals surface area contributed by atoms with Gasteiger partial charge in [0.05, 0.1) is 16.2 Å². The van der Waals surface area contributed by atoms with Crippen LogP contribution in [0.1, 0.15) is 23.2 Å².